The molecule has 0 spiro atoms. The Morgan fingerprint density at radius 3 is 1.90 bits per heavy atom. The van der Waals surface area contributed by atoms with Gasteiger partial charge in [-0.15, -0.1) is 0 Å². The second kappa shape index (κ2) is 2.87. The van der Waals surface area contributed by atoms with E-state index in [0.29, 0.717) is 5.01 Å². The molecule has 0 saturated carbocycles. The summed E-state index contributed by atoms with van der Waals surface area (Å²) in [6.07, 6.45) is -4.46. The molecule has 0 aromatic rings. The molecule has 10 heavy (non-hydrogen) atoms. The fraction of sp³-hybridized carbons (Fsp3) is 0.750. The molecule has 0 bridgehead atoms. The molecular formula is C4H8F3N3. The lowest BCUT2D eigenvalue weighted by Gasteiger charge is -2.16. The third-order valence-electron chi connectivity index (χ3n) is 0.799. The van der Waals surface area contributed by atoms with Crippen LogP contribution in [0.15, 0.2) is 4.99 Å². The Kier molecular flexibility index (Phi) is 2.65. The molecule has 0 fully saturated rings. The highest BCUT2D eigenvalue weighted by Crippen LogP contribution is 2.17. The molecule has 0 unspecified atom stereocenters. The number of alkyl halides is 3. The van der Waals surface area contributed by atoms with Crippen LogP contribution >= 0.6 is 0 Å². The molecule has 0 aromatic carbocycles. The van der Waals surface area contributed by atoms with Gasteiger partial charge < -0.3 is 0 Å². The van der Waals surface area contributed by atoms with Crippen molar-refractivity contribution in [2.45, 2.75) is 6.18 Å². The van der Waals surface area contributed by atoms with Crippen molar-refractivity contribution in [3.8, 4) is 0 Å². The maximum atomic E-state index is 11.7. The molecule has 0 rings (SSSR count). The van der Waals surface area contributed by atoms with Gasteiger partial charge in [0, 0.05) is 14.1 Å². The maximum Gasteiger partial charge on any atom is 0.450 e. The quantitative estimate of drug-likeness (QED) is 0.238. The van der Waals surface area contributed by atoms with Gasteiger partial charge in [0.05, 0.1) is 0 Å². The molecule has 2 N–H and O–H groups in total. The number of hydrogen-bond acceptors (Lipinski definition) is 2. The van der Waals surface area contributed by atoms with Crippen molar-refractivity contribution in [3.63, 3.8) is 0 Å². The van der Waals surface area contributed by atoms with Crippen LogP contribution in [0.25, 0.3) is 0 Å². The molecule has 6 heteroatoms. The first kappa shape index (κ1) is 9.22. The number of amidine groups is 1. The largest absolute Gasteiger partial charge is 0.450 e. The summed E-state index contributed by atoms with van der Waals surface area (Å²) >= 11 is 0. The average molecular weight is 155 g/mol. The average Bonchev–Trinajstić information content (AvgIpc) is 1.60. The lowest BCUT2D eigenvalue weighted by molar-refractivity contribution is -0.0679. The molecule has 0 atom stereocenters. The fourth-order valence-electron chi connectivity index (χ4n) is 0.484. The van der Waals surface area contributed by atoms with Crippen LogP contribution in [0.3, 0.4) is 0 Å². The summed E-state index contributed by atoms with van der Waals surface area (Å²) in [6.45, 7) is 0. The van der Waals surface area contributed by atoms with Crippen molar-refractivity contribution in [2.24, 2.45) is 10.8 Å². The Morgan fingerprint density at radius 1 is 1.50 bits per heavy atom. The number of nitrogens with two attached hydrogens (primary N) is 1. The van der Waals surface area contributed by atoms with Crippen LogP contribution in [0.5, 0.6) is 0 Å². The van der Waals surface area contributed by atoms with E-state index >= 15 is 0 Å². The normalized spacial score (nSPS) is 13.6. The number of hydrogen-bond donors (Lipinski definition) is 1. The highest BCUT2D eigenvalue weighted by atomic mass is 19.4. The lowest BCUT2D eigenvalue weighted by Crippen LogP contribution is -2.42. The first-order valence-corrected chi connectivity index (χ1v) is 2.42. The van der Waals surface area contributed by atoms with Gasteiger partial charge in [-0.25, -0.2) is 5.84 Å². The van der Waals surface area contributed by atoms with E-state index in [9.17, 15) is 13.2 Å². The SMILES string of the molecule is C/N=C(\N(C)N)C(F)(F)F. The minimum Gasteiger partial charge on any atom is -0.294 e. The Balaban J connectivity index is 4.40. The maximum absolute atomic E-state index is 11.7. The van der Waals surface area contributed by atoms with Crippen LogP contribution < -0.4 is 5.84 Å². The number of aliphatic imine (C=N–C) groups is 1. The fourth-order valence-corrected chi connectivity index (χ4v) is 0.484. The molecule has 0 aliphatic rings. The van der Waals surface area contributed by atoms with E-state index in [2.05, 4.69) is 4.99 Å². The zero-order valence-electron chi connectivity index (χ0n) is 5.61. The van der Waals surface area contributed by atoms with Gasteiger partial charge in [0.1, 0.15) is 0 Å². The van der Waals surface area contributed by atoms with Crippen LogP contribution in [0.2, 0.25) is 0 Å². The van der Waals surface area contributed by atoms with Gasteiger partial charge in [-0.2, -0.15) is 13.2 Å². The number of rotatable bonds is 0. The van der Waals surface area contributed by atoms with Crippen molar-refractivity contribution in [1.82, 2.24) is 5.01 Å². The van der Waals surface area contributed by atoms with Gasteiger partial charge >= 0.3 is 6.18 Å². The molecule has 60 valence electrons. The molecule has 3 nitrogen and oxygen atoms in total. The smallest absolute Gasteiger partial charge is 0.294 e. The first-order chi connectivity index (χ1) is 4.39. The van der Waals surface area contributed by atoms with Gasteiger partial charge in [-0.05, 0) is 0 Å². The third kappa shape index (κ3) is 2.22. The Bertz CT molecular complexity index is 137. The molecule has 0 saturated heterocycles. The van der Waals surface area contributed by atoms with E-state index in [-0.39, 0.29) is 0 Å². The van der Waals surface area contributed by atoms with Crippen LogP contribution in [-0.2, 0) is 0 Å². The summed E-state index contributed by atoms with van der Waals surface area (Å²) < 4.78 is 35.2. The highest BCUT2D eigenvalue weighted by molar-refractivity contribution is 5.86. The van der Waals surface area contributed by atoms with E-state index in [4.69, 9.17) is 5.84 Å². The van der Waals surface area contributed by atoms with E-state index in [1.807, 2.05) is 0 Å². The zero-order chi connectivity index (χ0) is 8.36. The van der Waals surface area contributed by atoms with Crippen molar-refractivity contribution >= 4 is 5.84 Å². The zero-order valence-corrected chi connectivity index (χ0v) is 5.61. The van der Waals surface area contributed by atoms with E-state index in [1.165, 1.54) is 0 Å². The molecule has 0 aliphatic heterocycles. The third-order valence-corrected chi connectivity index (χ3v) is 0.799. The second-order valence-corrected chi connectivity index (χ2v) is 1.66. The van der Waals surface area contributed by atoms with Crippen LogP contribution in [0.1, 0.15) is 0 Å². The van der Waals surface area contributed by atoms with E-state index < -0.39 is 12.0 Å². The molecule has 0 amide bonds. The number of hydrazine groups is 1. The van der Waals surface area contributed by atoms with Gasteiger partial charge in [0.15, 0.2) is 0 Å². The predicted octanol–water partition coefficient (Wildman–Crippen LogP) is 0.383. The van der Waals surface area contributed by atoms with Crippen LogP contribution in [0.4, 0.5) is 13.2 Å². The van der Waals surface area contributed by atoms with E-state index in [1.54, 1.807) is 0 Å². The molecule has 0 aromatic heterocycles. The Labute approximate surface area is 56.3 Å². The topological polar surface area (TPSA) is 41.6 Å². The summed E-state index contributed by atoms with van der Waals surface area (Å²) in [7, 11) is 2.11. The highest BCUT2D eigenvalue weighted by Gasteiger charge is 2.37. The molecule has 0 radical (unpaired) electrons. The molecular weight excluding hydrogens is 147 g/mol. The van der Waals surface area contributed by atoms with Gasteiger partial charge in [-0.3, -0.25) is 10.0 Å². The van der Waals surface area contributed by atoms with Crippen molar-refractivity contribution < 1.29 is 13.2 Å². The molecule has 0 aliphatic carbocycles. The summed E-state index contributed by atoms with van der Waals surface area (Å²) in [6, 6.07) is 0. The number of halogens is 3. The van der Waals surface area contributed by atoms with Crippen molar-refractivity contribution in [3.05, 3.63) is 0 Å². The Hall–Kier alpha value is -0.780. The van der Waals surface area contributed by atoms with E-state index in [0.717, 1.165) is 14.1 Å². The summed E-state index contributed by atoms with van der Waals surface area (Å²) in [5.74, 6) is 3.73. The van der Waals surface area contributed by atoms with Gasteiger partial charge in [0.2, 0.25) is 5.84 Å². The molecule has 0 heterocycles. The van der Waals surface area contributed by atoms with Crippen LogP contribution in [0, 0.1) is 0 Å². The van der Waals surface area contributed by atoms with Crippen molar-refractivity contribution in [2.75, 3.05) is 14.1 Å². The standard InChI is InChI=1S/C4H8F3N3/c1-9-3(10(2)8)4(5,6)7/h8H2,1-2H3/b9-3-. The first-order valence-electron chi connectivity index (χ1n) is 2.42. The minimum atomic E-state index is -4.46. The van der Waals surface area contributed by atoms with Crippen molar-refractivity contribution in [1.29, 1.82) is 0 Å². The van der Waals surface area contributed by atoms with Gasteiger partial charge in [-0.1, -0.05) is 0 Å². The second-order valence-electron chi connectivity index (χ2n) is 1.66. The summed E-state index contributed by atoms with van der Waals surface area (Å²) in [5, 5.41) is 0.431. The lowest BCUT2D eigenvalue weighted by atomic mass is 10.5. The minimum absolute atomic E-state index is 0.431. The summed E-state index contributed by atoms with van der Waals surface area (Å²) in [4.78, 5) is 2.95. The number of nitrogens with zero attached hydrogens (tertiary/aromatic N) is 2. The Morgan fingerprint density at radius 2 is 1.90 bits per heavy atom. The monoisotopic (exact) mass is 155 g/mol. The van der Waals surface area contributed by atoms with Crippen LogP contribution in [-0.4, -0.2) is 31.1 Å². The summed E-state index contributed by atoms with van der Waals surface area (Å²) in [5.41, 5.74) is 0. The van der Waals surface area contributed by atoms with Gasteiger partial charge in [0.25, 0.3) is 0 Å². The predicted molar refractivity (Wildman–Crippen MR) is 31.4 cm³/mol.